The van der Waals surface area contributed by atoms with Crippen LogP contribution in [0.4, 0.5) is 0 Å². The molecule has 17 heavy (non-hydrogen) atoms. The van der Waals surface area contributed by atoms with E-state index in [0.29, 0.717) is 5.92 Å². The van der Waals surface area contributed by atoms with E-state index in [0.717, 1.165) is 18.8 Å². The van der Waals surface area contributed by atoms with Gasteiger partial charge in [0.25, 0.3) is 0 Å². The van der Waals surface area contributed by atoms with Gasteiger partial charge in [0.2, 0.25) is 0 Å². The third-order valence-electron chi connectivity index (χ3n) is 3.46. The Morgan fingerprint density at radius 1 is 1.41 bits per heavy atom. The van der Waals surface area contributed by atoms with Crippen molar-refractivity contribution in [3.05, 3.63) is 23.8 Å². The van der Waals surface area contributed by atoms with Gasteiger partial charge in [-0.1, -0.05) is 0 Å². The van der Waals surface area contributed by atoms with Crippen LogP contribution in [0, 0.1) is 0 Å². The fourth-order valence-corrected chi connectivity index (χ4v) is 2.30. The van der Waals surface area contributed by atoms with Crippen molar-refractivity contribution in [2.45, 2.75) is 25.2 Å². The van der Waals surface area contributed by atoms with Crippen molar-refractivity contribution < 1.29 is 0 Å². The number of aromatic nitrogens is 2. The highest BCUT2D eigenvalue weighted by Crippen LogP contribution is 2.25. The number of hydrogen-bond acceptors (Lipinski definition) is 4. The summed E-state index contributed by atoms with van der Waals surface area (Å²) in [6.07, 6.45) is 5.26. The van der Waals surface area contributed by atoms with Crippen LogP contribution in [0.1, 0.15) is 30.3 Å². The first-order valence-corrected chi connectivity index (χ1v) is 6.44. The quantitative estimate of drug-likeness (QED) is 0.845. The Morgan fingerprint density at radius 3 is 2.88 bits per heavy atom. The third kappa shape index (κ3) is 3.48. The molecule has 1 saturated heterocycles. The highest BCUT2D eigenvalue weighted by molar-refractivity contribution is 5.10. The molecule has 1 aromatic heterocycles. The van der Waals surface area contributed by atoms with Gasteiger partial charge < -0.3 is 10.2 Å². The first kappa shape index (κ1) is 12.5. The molecule has 1 aromatic rings. The standard InChI is InChI=1S/C13H22N4/c1-14-7-4-13-15-8-3-12(16-13)11-5-9-17(2)10-6-11/h3,8,11,14H,4-7,9-10H2,1-2H3. The molecule has 1 aliphatic rings. The van der Waals surface area contributed by atoms with Gasteiger partial charge in [-0.15, -0.1) is 0 Å². The second-order valence-electron chi connectivity index (χ2n) is 4.83. The first-order chi connectivity index (χ1) is 8.29. The van der Waals surface area contributed by atoms with Gasteiger partial charge in [-0.05, 0) is 46.1 Å². The molecule has 1 aliphatic heterocycles. The van der Waals surface area contributed by atoms with Crippen molar-refractivity contribution in [1.82, 2.24) is 20.2 Å². The lowest BCUT2D eigenvalue weighted by Crippen LogP contribution is -2.29. The molecule has 2 rings (SSSR count). The predicted octanol–water partition coefficient (Wildman–Crippen LogP) is 1.05. The molecular weight excluding hydrogens is 212 g/mol. The molecule has 2 heterocycles. The molecule has 0 spiro atoms. The van der Waals surface area contributed by atoms with Gasteiger partial charge in [-0.2, -0.15) is 0 Å². The molecule has 4 heteroatoms. The zero-order valence-corrected chi connectivity index (χ0v) is 10.8. The first-order valence-electron chi connectivity index (χ1n) is 6.44. The molecule has 0 bridgehead atoms. The van der Waals surface area contributed by atoms with Gasteiger partial charge in [-0.25, -0.2) is 9.97 Å². The second kappa shape index (κ2) is 6.07. The summed E-state index contributed by atoms with van der Waals surface area (Å²) in [6, 6.07) is 2.08. The summed E-state index contributed by atoms with van der Waals surface area (Å²) < 4.78 is 0. The Hall–Kier alpha value is -1.00. The van der Waals surface area contributed by atoms with Gasteiger partial charge >= 0.3 is 0 Å². The average Bonchev–Trinajstić information content (AvgIpc) is 2.37. The third-order valence-corrected chi connectivity index (χ3v) is 3.46. The van der Waals surface area contributed by atoms with E-state index in [4.69, 9.17) is 0 Å². The summed E-state index contributed by atoms with van der Waals surface area (Å²) in [7, 11) is 4.15. The molecule has 0 atom stereocenters. The number of nitrogens with one attached hydrogen (secondary N) is 1. The molecule has 1 fully saturated rings. The molecule has 4 nitrogen and oxygen atoms in total. The van der Waals surface area contributed by atoms with Crippen LogP contribution in [-0.4, -0.2) is 48.6 Å². The van der Waals surface area contributed by atoms with E-state index in [1.54, 1.807) is 0 Å². The van der Waals surface area contributed by atoms with E-state index in [1.807, 2.05) is 13.2 Å². The summed E-state index contributed by atoms with van der Waals surface area (Å²) in [5, 5.41) is 3.13. The molecular formula is C13H22N4. The van der Waals surface area contributed by atoms with E-state index < -0.39 is 0 Å². The zero-order valence-electron chi connectivity index (χ0n) is 10.8. The molecule has 0 unspecified atom stereocenters. The number of nitrogens with zero attached hydrogens (tertiary/aromatic N) is 3. The molecule has 0 aromatic carbocycles. The molecule has 0 radical (unpaired) electrons. The van der Waals surface area contributed by atoms with E-state index in [9.17, 15) is 0 Å². The largest absolute Gasteiger partial charge is 0.319 e. The summed E-state index contributed by atoms with van der Waals surface area (Å²) in [6.45, 7) is 3.30. The second-order valence-corrected chi connectivity index (χ2v) is 4.83. The Labute approximate surface area is 103 Å². The van der Waals surface area contributed by atoms with Crippen LogP contribution < -0.4 is 5.32 Å². The van der Waals surface area contributed by atoms with Crippen LogP contribution in [0.25, 0.3) is 0 Å². The van der Waals surface area contributed by atoms with E-state index >= 15 is 0 Å². The van der Waals surface area contributed by atoms with Crippen molar-refractivity contribution in [2.75, 3.05) is 33.7 Å². The van der Waals surface area contributed by atoms with Gasteiger partial charge in [0.05, 0.1) is 0 Å². The molecule has 94 valence electrons. The zero-order chi connectivity index (χ0) is 12.1. The number of hydrogen-bond donors (Lipinski definition) is 1. The summed E-state index contributed by atoms with van der Waals surface area (Å²) in [4.78, 5) is 11.4. The van der Waals surface area contributed by atoms with Gasteiger partial charge in [-0.3, -0.25) is 0 Å². The lowest BCUT2D eigenvalue weighted by molar-refractivity contribution is 0.253. The number of rotatable bonds is 4. The number of piperidine rings is 1. The van der Waals surface area contributed by atoms with Crippen LogP contribution >= 0.6 is 0 Å². The summed E-state index contributed by atoms with van der Waals surface area (Å²) >= 11 is 0. The monoisotopic (exact) mass is 234 g/mol. The Kier molecular flexibility index (Phi) is 4.45. The Bertz CT molecular complexity index is 345. The highest BCUT2D eigenvalue weighted by Gasteiger charge is 2.19. The molecule has 0 aliphatic carbocycles. The van der Waals surface area contributed by atoms with Crippen molar-refractivity contribution in [1.29, 1.82) is 0 Å². The normalized spacial score (nSPS) is 18.5. The maximum Gasteiger partial charge on any atom is 0.129 e. The van der Waals surface area contributed by atoms with Crippen molar-refractivity contribution in [3.8, 4) is 0 Å². The van der Waals surface area contributed by atoms with Crippen LogP contribution in [0.5, 0.6) is 0 Å². The predicted molar refractivity (Wildman–Crippen MR) is 69.1 cm³/mol. The topological polar surface area (TPSA) is 41.1 Å². The molecule has 0 amide bonds. The minimum Gasteiger partial charge on any atom is -0.319 e. The van der Waals surface area contributed by atoms with Crippen molar-refractivity contribution in [2.24, 2.45) is 0 Å². The fraction of sp³-hybridized carbons (Fsp3) is 0.692. The summed E-state index contributed by atoms with van der Waals surface area (Å²) in [5.41, 5.74) is 1.24. The van der Waals surface area contributed by atoms with Crippen LogP contribution in [0.3, 0.4) is 0 Å². The maximum atomic E-state index is 4.69. The SMILES string of the molecule is CNCCc1nccc(C2CCN(C)CC2)n1. The molecule has 1 N–H and O–H groups in total. The summed E-state index contributed by atoms with van der Waals surface area (Å²) in [5.74, 6) is 1.60. The van der Waals surface area contributed by atoms with Gasteiger partial charge in [0.1, 0.15) is 5.82 Å². The van der Waals surface area contributed by atoms with E-state index in [-0.39, 0.29) is 0 Å². The lowest BCUT2D eigenvalue weighted by atomic mass is 9.93. The van der Waals surface area contributed by atoms with E-state index in [1.165, 1.54) is 31.6 Å². The van der Waals surface area contributed by atoms with Gasteiger partial charge in [0.15, 0.2) is 0 Å². The molecule has 0 saturated carbocycles. The number of likely N-dealkylation sites (tertiary alicyclic amines) is 1. The van der Waals surface area contributed by atoms with Crippen molar-refractivity contribution >= 4 is 0 Å². The smallest absolute Gasteiger partial charge is 0.129 e. The van der Waals surface area contributed by atoms with Crippen LogP contribution in [0.15, 0.2) is 12.3 Å². The Balaban J connectivity index is 2.00. The van der Waals surface area contributed by atoms with Gasteiger partial charge in [0, 0.05) is 30.8 Å². The minimum absolute atomic E-state index is 0.627. The maximum absolute atomic E-state index is 4.69. The van der Waals surface area contributed by atoms with Crippen LogP contribution in [0.2, 0.25) is 0 Å². The fourth-order valence-electron chi connectivity index (χ4n) is 2.30. The van der Waals surface area contributed by atoms with Crippen LogP contribution in [-0.2, 0) is 6.42 Å². The lowest BCUT2D eigenvalue weighted by Gasteiger charge is -2.28. The average molecular weight is 234 g/mol. The van der Waals surface area contributed by atoms with E-state index in [2.05, 4.69) is 33.3 Å². The number of likely N-dealkylation sites (N-methyl/N-ethyl adjacent to an activating group) is 1. The highest BCUT2D eigenvalue weighted by atomic mass is 15.1. The minimum atomic E-state index is 0.627. The van der Waals surface area contributed by atoms with Crippen molar-refractivity contribution in [3.63, 3.8) is 0 Å². The Morgan fingerprint density at radius 2 is 2.18 bits per heavy atom.